The van der Waals surface area contributed by atoms with Crippen LogP contribution in [0.5, 0.6) is 0 Å². The number of nitrogens with one attached hydrogen (secondary N) is 2. The molecule has 1 aromatic heterocycles. The molecule has 3 N–H and O–H groups in total. The SMILES string of the molecule is CCC(NC(=O)CSCC(=O)Nc1cc(C)on1)C(=O)O. The van der Waals surface area contributed by atoms with Crippen molar-refractivity contribution in [2.24, 2.45) is 0 Å². The molecule has 2 amide bonds. The van der Waals surface area contributed by atoms with Gasteiger partial charge in [0.05, 0.1) is 11.5 Å². The number of carbonyl (C=O) groups excluding carboxylic acids is 2. The predicted molar refractivity (Wildman–Crippen MR) is 77.1 cm³/mol. The number of hydrogen-bond donors (Lipinski definition) is 3. The van der Waals surface area contributed by atoms with Gasteiger partial charge >= 0.3 is 5.97 Å². The molecule has 8 nitrogen and oxygen atoms in total. The van der Waals surface area contributed by atoms with E-state index in [2.05, 4.69) is 15.8 Å². The van der Waals surface area contributed by atoms with E-state index in [4.69, 9.17) is 9.63 Å². The summed E-state index contributed by atoms with van der Waals surface area (Å²) in [5.41, 5.74) is 0. The van der Waals surface area contributed by atoms with E-state index in [9.17, 15) is 14.4 Å². The van der Waals surface area contributed by atoms with Crippen molar-refractivity contribution < 1.29 is 24.0 Å². The van der Waals surface area contributed by atoms with Crippen molar-refractivity contribution in [2.75, 3.05) is 16.8 Å². The van der Waals surface area contributed by atoms with Crippen molar-refractivity contribution in [1.82, 2.24) is 10.5 Å². The molecule has 0 bridgehead atoms. The highest BCUT2D eigenvalue weighted by Gasteiger charge is 2.17. The van der Waals surface area contributed by atoms with Gasteiger partial charge in [-0.05, 0) is 13.3 Å². The molecular formula is C12H17N3O5S. The molecule has 1 atom stereocenters. The third kappa shape index (κ3) is 6.30. The lowest BCUT2D eigenvalue weighted by Crippen LogP contribution is -2.41. The maximum absolute atomic E-state index is 11.6. The van der Waals surface area contributed by atoms with E-state index >= 15 is 0 Å². The average Bonchev–Trinajstić information content (AvgIpc) is 2.80. The zero-order chi connectivity index (χ0) is 15.8. The van der Waals surface area contributed by atoms with E-state index in [0.717, 1.165) is 11.8 Å². The summed E-state index contributed by atoms with van der Waals surface area (Å²) in [5, 5.41) is 17.3. The molecule has 0 aliphatic carbocycles. The van der Waals surface area contributed by atoms with Crippen LogP contribution in [-0.4, -0.2) is 45.6 Å². The molecule has 0 aliphatic rings. The number of carbonyl (C=O) groups is 3. The number of carboxylic acids is 1. The van der Waals surface area contributed by atoms with Crippen LogP contribution in [0.4, 0.5) is 5.82 Å². The smallest absolute Gasteiger partial charge is 0.326 e. The molecule has 0 spiro atoms. The van der Waals surface area contributed by atoms with Gasteiger partial charge in [0.15, 0.2) is 5.82 Å². The summed E-state index contributed by atoms with van der Waals surface area (Å²) < 4.78 is 4.80. The van der Waals surface area contributed by atoms with Crippen LogP contribution in [0.1, 0.15) is 19.1 Å². The Labute approximate surface area is 125 Å². The minimum absolute atomic E-state index is 0.00897. The topological polar surface area (TPSA) is 122 Å². The number of anilines is 1. The third-order valence-corrected chi connectivity index (χ3v) is 3.34. The van der Waals surface area contributed by atoms with E-state index in [0.29, 0.717) is 18.0 Å². The number of aliphatic carboxylic acids is 1. The maximum atomic E-state index is 11.6. The summed E-state index contributed by atoms with van der Waals surface area (Å²) in [6.45, 7) is 3.37. The van der Waals surface area contributed by atoms with Crippen molar-refractivity contribution in [1.29, 1.82) is 0 Å². The number of aryl methyl sites for hydroxylation is 1. The Hall–Kier alpha value is -2.03. The van der Waals surface area contributed by atoms with Crippen LogP contribution < -0.4 is 10.6 Å². The van der Waals surface area contributed by atoms with Crippen LogP contribution in [0.2, 0.25) is 0 Å². The van der Waals surface area contributed by atoms with Crippen LogP contribution in [-0.2, 0) is 14.4 Å². The fourth-order valence-electron chi connectivity index (χ4n) is 1.42. The van der Waals surface area contributed by atoms with Gasteiger partial charge in [-0.15, -0.1) is 11.8 Å². The summed E-state index contributed by atoms with van der Waals surface area (Å²) in [7, 11) is 0. The Morgan fingerprint density at radius 1 is 1.38 bits per heavy atom. The Morgan fingerprint density at radius 3 is 2.57 bits per heavy atom. The van der Waals surface area contributed by atoms with Gasteiger partial charge in [-0.3, -0.25) is 9.59 Å². The summed E-state index contributed by atoms with van der Waals surface area (Å²) >= 11 is 1.08. The van der Waals surface area contributed by atoms with Crippen molar-refractivity contribution in [3.63, 3.8) is 0 Å². The van der Waals surface area contributed by atoms with Crippen LogP contribution in [0.15, 0.2) is 10.6 Å². The highest BCUT2D eigenvalue weighted by molar-refractivity contribution is 8.00. The van der Waals surface area contributed by atoms with Crippen molar-refractivity contribution in [2.45, 2.75) is 26.3 Å². The molecule has 9 heteroatoms. The predicted octanol–water partition coefficient (Wildman–Crippen LogP) is 0.634. The second-order valence-electron chi connectivity index (χ2n) is 4.23. The van der Waals surface area contributed by atoms with Gasteiger partial charge in [0, 0.05) is 6.07 Å². The highest BCUT2D eigenvalue weighted by Crippen LogP contribution is 2.08. The summed E-state index contributed by atoms with van der Waals surface area (Å²) in [4.78, 5) is 33.8. The molecule has 1 aromatic rings. The summed E-state index contributed by atoms with van der Waals surface area (Å²) in [6, 6.07) is 0.679. The Bertz CT molecular complexity index is 517. The number of carboxylic acid groups (broad SMARTS) is 1. The molecule has 0 fully saturated rings. The molecule has 0 aliphatic heterocycles. The monoisotopic (exact) mass is 315 g/mol. The van der Waals surface area contributed by atoms with Crippen LogP contribution in [0, 0.1) is 6.92 Å². The van der Waals surface area contributed by atoms with Crippen molar-refractivity contribution >= 4 is 35.4 Å². The number of nitrogens with zero attached hydrogens (tertiary/aromatic N) is 1. The molecule has 116 valence electrons. The van der Waals surface area contributed by atoms with Crippen molar-refractivity contribution in [3.8, 4) is 0 Å². The number of aromatic nitrogens is 1. The number of thioether (sulfide) groups is 1. The van der Waals surface area contributed by atoms with Gasteiger partial charge in [0.25, 0.3) is 0 Å². The van der Waals surface area contributed by atoms with Crippen LogP contribution in [0.3, 0.4) is 0 Å². The standard InChI is InChI=1S/C12H17N3O5S/c1-3-8(12(18)19)13-10(16)5-21-6-11(17)14-9-4-7(2)20-15-9/h4,8H,3,5-6H2,1-2H3,(H,13,16)(H,18,19)(H,14,15,17). The van der Waals surface area contributed by atoms with Crippen molar-refractivity contribution in [3.05, 3.63) is 11.8 Å². The normalized spacial score (nSPS) is 11.7. The highest BCUT2D eigenvalue weighted by atomic mass is 32.2. The molecule has 0 saturated carbocycles. The molecule has 1 unspecified atom stereocenters. The molecule has 0 radical (unpaired) electrons. The fourth-order valence-corrected chi connectivity index (χ4v) is 2.04. The summed E-state index contributed by atoms with van der Waals surface area (Å²) in [6.07, 6.45) is 0.303. The lowest BCUT2D eigenvalue weighted by molar-refractivity contribution is -0.141. The number of amides is 2. The van der Waals surface area contributed by atoms with E-state index in [1.807, 2.05) is 0 Å². The van der Waals surface area contributed by atoms with Gasteiger partial charge in [-0.2, -0.15) is 0 Å². The van der Waals surface area contributed by atoms with Gasteiger partial charge < -0.3 is 20.3 Å². The van der Waals surface area contributed by atoms with Crippen LogP contribution in [0.25, 0.3) is 0 Å². The molecular weight excluding hydrogens is 298 g/mol. The van der Waals surface area contributed by atoms with Gasteiger partial charge in [0.1, 0.15) is 11.8 Å². The molecule has 21 heavy (non-hydrogen) atoms. The lowest BCUT2D eigenvalue weighted by Gasteiger charge is -2.11. The third-order valence-electron chi connectivity index (χ3n) is 2.40. The van der Waals surface area contributed by atoms with Gasteiger partial charge in [-0.25, -0.2) is 4.79 Å². The first kappa shape index (κ1) is 17.0. The minimum Gasteiger partial charge on any atom is -0.480 e. The quantitative estimate of drug-likeness (QED) is 0.643. The molecule has 0 saturated heterocycles. The number of hydrogen-bond acceptors (Lipinski definition) is 6. The molecule has 1 heterocycles. The molecule has 1 rings (SSSR count). The van der Waals surface area contributed by atoms with E-state index < -0.39 is 17.9 Å². The number of rotatable bonds is 8. The summed E-state index contributed by atoms with van der Waals surface area (Å²) in [5.74, 6) is -0.838. The lowest BCUT2D eigenvalue weighted by atomic mass is 10.2. The Kier molecular flexibility index (Phi) is 6.73. The minimum atomic E-state index is -1.07. The Balaban J connectivity index is 2.25. The maximum Gasteiger partial charge on any atom is 0.326 e. The first-order valence-electron chi connectivity index (χ1n) is 6.25. The van der Waals surface area contributed by atoms with Crippen LogP contribution >= 0.6 is 11.8 Å². The zero-order valence-corrected chi connectivity index (χ0v) is 12.5. The Morgan fingerprint density at radius 2 is 2.05 bits per heavy atom. The van der Waals surface area contributed by atoms with Gasteiger partial charge in [-0.1, -0.05) is 12.1 Å². The van der Waals surface area contributed by atoms with Gasteiger partial charge in [0.2, 0.25) is 11.8 Å². The largest absolute Gasteiger partial charge is 0.480 e. The fraction of sp³-hybridized carbons (Fsp3) is 0.500. The van der Waals surface area contributed by atoms with E-state index in [-0.39, 0.29) is 17.4 Å². The first-order valence-corrected chi connectivity index (χ1v) is 7.41. The first-order chi connectivity index (χ1) is 9.92. The average molecular weight is 315 g/mol. The second kappa shape index (κ2) is 8.30. The zero-order valence-electron chi connectivity index (χ0n) is 11.7. The molecule has 0 aromatic carbocycles. The van der Waals surface area contributed by atoms with E-state index in [1.54, 1.807) is 19.9 Å². The second-order valence-corrected chi connectivity index (χ2v) is 5.22. The van der Waals surface area contributed by atoms with E-state index in [1.165, 1.54) is 0 Å².